The predicted molar refractivity (Wildman–Crippen MR) is 61.0 cm³/mol. The fourth-order valence-corrected chi connectivity index (χ4v) is 2.08. The van der Waals surface area contributed by atoms with Crippen LogP contribution in [-0.2, 0) is 4.79 Å². The molecule has 3 rings (SSSR count). The van der Waals surface area contributed by atoms with Crippen LogP contribution in [0.5, 0.6) is 5.75 Å². The highest BCUT2D eigenvalue weighted by atomic mass is 16.5. The van der Waals surface area contributed by atoms with Crippen LogP contribution in [-0.4, -0.2) is 27.8 Å². The molecule has 2 aromatic rings. The Balaban J connectivity index is 2.41. The van der Waals surface area contributed by atoms with E-state index in [1.165, 1.54) is 0 Å². The van der Waals surface area contributed by atoms with E-state index >= 15 is 0 Å². The summed E-state index contributed by atoms with van der Waals surface area (Å²) in [6.45, 7) is -0.130. The second kappa shape index (κ2) is 3.28. The Morgan fingerprint density at radius 3 is 3.00 bits per heavy atom. The van der Waals surface area contributed by atoms with Crippen LogP contribution < -0.4 is 4.74 Å². The van der Waals surface area contributed by atoms with Crippen molar-refractivity contribution < 1.29 is 19.7 Å². The van der Waals surface area contributed by atoms with Crippen LogP contribution in [0.25, 0.3) is 16.5 Å². The number of carboxylic acids is 1. The zero-order valence-corrected chi connectivity index (χ0v) is 8.73. The third-order valence-electron chi connectivity index (χ3n) is 2.80. The molecule has 1 aliphatic heterocycles. The summed E-state index contributed by atoms with van der Waals surface area (Å²) in [5.74, 6) is -0.861. The van der Waals surface area contributed by atoms with Gasteiger partial charge in [0.1, 0.15) is 23.7 Å². The average Bonchev–Trinajstić information content (AvgIpc) is 2.64. The molecule has 0 saturated heterocycles. The molecule has 0 aliphatic carbocycles. The van der Waals surface area contributed by atoms with E-state index in [1.54, 1.807) is 18.3 Å². The molecule has 0 fully saturated rings. The molecule has 0 unspecified atom stereocenters. The van der Waals surface area contributed by atoms with Gasteiger partial charge < -0.3 is 19.9 Å². The van der Waals surface area contributed by atoms with E-state index in [4.69, 9.17) is 9.84 Å². The highest BCUT2D eigenvalue weighted by Gasteiger charge is 2.25. The summed E-state index contributed by atoms with van der Waals surface area (Å²) in [5.41, 5.74) is 1.13. The Kier molecular flexibility index (Phi) is 1.89. The second-order valence-corrected chi connectivity index (χ2v) is 3.80. The van der Waals surface area contributed by atoms with Crippen LogP contribution in [0.3, 0.4) is 0 Å². The molecule has 5 nitrogen and oxygen atoms in total. The smallest absolute Gasteiger partial charge is 0.339 e. The van der Waals surface area contributed by atoms with Crippen LogP contribution in [0, 0.1) is 0 Å². The van der Waals surface area contributed by atoms with Gasteiger partial charge in [-0.25, -0.2) is 4.79 Å². The van der Waals surface area contributed by atoms with E-state index in [1.807, 2.05) is 6.07 Å². The van der Waals surface area contributed by atoms with E-state index in [2.05, 4.69) is 4.98 Å². The lowest BCUT2D eigenvalue weighted by Crippen LogP contribution is -2.06. The summed E-state index contributed by atoms with van der Waals surface area (Å²) in [4.78, 5) is 14.1. The molecule has 1 aliphatic rings. The van der Waals surface area contributed by atoms with Crippen LogP contribution in [0.4, 0.5) is 0 Å². The first kappa shape index (κ1) is 9.77. The van der Waals surface area contributed by atoms with Crippen molar-refractivity contribution in [1.82, 2.24) is 4.98 Å². The van der Waals surface area contributed by atoms with E-state index in [0.717, 1.165) is 5.52 Å². The van der Waals surface area contributed by atoms with Gasteiger partial charge in [-0.2, -0.15) is 0 Å². The van der Waals surface area contributed by atoms with Crippen LogP contribution in [0.15, 0.2) is 30.2 Å². The Morgan fingerprint density at radius 1 is 1.41 bits per heavy atom. The lowest BCUT2D eigenvalue weighted by atomic mass is 10.0. The number of nitrogens with one attached hydrogen (secondary N) is 1. The SMILES string of the molecule is O=C(O)C1=C(O)COc2cccc3[nH]cc1c23. The number of ether oxygens (including phenoxy) is 1. The molecule has 1 aromatic carbocycles. The number of aromatic nitrogens is 1. The topological polar surface area (TPSA) is 82.6 Å². The van der Waals surface area contributed by atoms with Crippen molar-refractivity contribution in [2.24, 2.45) is 0 Å². The first-order chi connectivity index (χ1) is 8.18. The number of aliphatic hydroxyl groups is 1. The molecule has 1 aromatic heterocycles. The van der Waals surface area contributed by atoms with Crippen molar-refractivity contribution in [3.63, 3.8) is 0 Å². The number of H-pyrrole nitrogens is 1. The number of hydrogen-bond donors (Lipinski definition) is 3. The summed E-state index contributed by atoms with van der Waals surface area (Å²) in [5, 5.41) is 19.6. The monoisotopic (exact) mass is 231 g/mol. The maximum atomic E-state index is 11.2. The summed E-state index contributed by atoms with van der Waals surface area (Å²) in [6, 6.07) is 5.38. The first-order valence-electron chi connectivity index (χ1n) is 5.07. The van der Waals surface area contributed by atoms with E-state index in [0.29, 0.717) is 16.7 Å². The Morgan fingerprint density at radius 2 is 2.24 bits per heavy atom. The van der Waals surface area contributed by atoms with Gasteiger partial charge in [-0.3, -0.25) is 0 Å². The Bertz CT molecular complexity index is 654. The van der Waals surface area contributed by atoms with Crippen molar-refractivity contribution in [3.8, 4) is 5.75 Å². The van der Waals surface area contributed by atoms with Gasteiger partial charge in [0, 0.05) is 22.7 Å². The molecule has 0 spiro atoms. The number of carboxylic acid groups (broad SMARTS) is 1. The van der Waals surface area contributed by atoms with E-state index < -0.39 is 5.97 Å². The third kappa shape index (κ3) is 1.29. The van der Waals surface area contributed by atoms with Crippen molar-refractivity contribution in [1.29, 1.82) is 0 Å². The fraction of sp³-hybridized carbons (Fsp3) is 0.0833. The van der Waals surface area contributed by atoms with E-state index in [9.17, 15) is 9.90 Å². The third-order valence-corrected chi connectivity index (χ3v) is 2.80. The van der Waals surface area contributed by atoms with Crippen LogP contribution in [0.2, 0.25) is 0 Å². The molecule has 86 valence electrons. The highest BCUT2D eigenvalue weighted by Crippen LogP contribution is 2.36. The number of aromatic amines is 1. The summed E-state index contributed by atoms with van der Waals surface area (Å²) >= 11 is 0. The predicted octanol–water partition coefficient (Wildman–Crippen LogP) is 1.91. The van der Waals surface area contributed by atoms with Crippen LogP contribution >= 0.6 is 0 Å². The minimum Gasteiger partial charge on any atom is -0.508 e. The molecule has 0 bridgehead atoms. The average molecular weight is 231 g/mol. The number of benzene rings is 1. The van der Waals surface area contributed by atoms with Gasteiger partial charge in [0.15, 0.2) is 0 Å². The fourth-order valence-electron chi connectivity index (χ4n) is 2.08. The molecule has 0 saturated carbocycles. The minimum absolute atomic E-state index is 0.110. The zero-order chi connectivity index (χ0) is 12.0. The number of aliphatic carboxylic acids is 1. The first-order valence-corrected chi connectivity index (χ1v) is 5.07. The maximum absolute atomic E-state index is 11.2. The zero-order valence-electron chi connectivity index (χ0n) is 8.73. The largest absolute Gasteiger partial charge is 0.508 e. The molecule has 17 heavy (non-hydrogen) atoms. The van der Waals surface area contributed by atoms with Gasteiger partial charge in [0.2, 0.25) is 0 Å². The van der Waals surface area contributed by atoms with Gasteiger partial charge >= 0.3 is 5.97 Å². The van der Waals surface area contributed by atoms with Gasteiger partial charge in [-0.15, -0.1) is 0 Å². The summed E-state index contributed by atoms with van der Waals surface area (Å²) in [6.07, 6.45) is 1.57. The number of rotatable bonds is 1. The second-order valence-electron chi connectivity index (χ2n) is 3.80. The Labute approximate surface area is 96.0 Å². The Hall–Kier alpha value is -2.43. The number of carbonyl (C=O) groups is 1. The van der Waals surface area contributed by atoms with Crippen molar-refractivity contribution in [2.75, 3.05) is 6.61 Å². The van der Waals surface area contributed by atoms with Crippen LogP contribution in [0.1, 0.15) is 5.56 Å². The van der Waals surface area contributed by atoms with Crippen molar-refractivity contribution in [2.45, 2.75) is 0 Å². The molecule has 0 amide bonds. The van der Waals surface area contributed by atoms with E-state index in [-0.39, 0.29) is 17.9 Å². The van der Waals surface area contributed by atoms with Gasteiger partial charge in [-0.05, 0) is 12.1 Å². The van der Waals surface area contributed by atoms with Gasteiger partial charge in [-0.1, -0.05) is 6.07 Å². The molecule has 0 radical (unpaired) electrons. The highest BCUT2D eigenvalue weighted by molar-refractivity contribution is 6.20. The molecular weight excluding hydrogens is 222 g/mol. The normalized spacial score (nSPS) is 14.6. The van der Waals surface area contributed by atoms with Gasteiger partial charge in [0.25, 0.3) is 0 Å². The molecule has 0 atom stereocenters. The van der Waals surface area contributed by atoms with Crippen molar-refractivity contribution in [3.05, 3.63) is 35.7 Å². The lowest BCUT2D eigenvalue weighted by Gasteiger charge is -2.04. The number of hydrogen-bond acceptors (Lipinski definition) is 3. The molecular formula is C12H9NO4. The minimum atomic E-state index is -1.16. The standard InChI is InChI=1S/C12H9NO4/c14-8-5-17-9-3-1-2-7-10(9)6(4-13-7)11(8)12(15)16/h1-4,13-14H,5H2,(H,15,16). The number of aliphatic hydroxyl groups excluding tert-OH is 1. The molecule has 5 heteroatoms. The van der Waals surface area contributed by atoms with Crippen molar-refractivity contribution >= 4 is 22.4 Å². The molecule has 3 N–H and O–H groups in total. The molecule has 2 heterocycles. The lowest BCUT2D eigenvalue weighted by molar-refractivity contribution is -0.130. The van der Waals surface area contributed by atoms with Gasteiger partial charge in [0.05, 0.1) is 0 Å². The summed E-state index contributed by atoms with van der Waals surface area (Å²) in [7, 11) is 0. The quantitative estimate of drug-likeness (QED) is 0.700. The summed E-state index contributed by atoms with van der Waals surface area (Å²) < 4.78 is 5.38. The maximum Gasteiger partial charge on any atom is 0.339 e.